The largest absolute Gasteiger partial charge is 0.497 e. The van der Waals surface area contributed by atoms with Crippen molar-refractivity contribution in [2.24, 2.45) is 10.9 Å². The highest BCUT2D eigenvalue weighted by Gasteiger charge is 2.50. The van der Waals surface area contributed by atoms with Gasteiger partial charge in [-0.2, -0.15) is 9.48 Å². The van der Waals surface area contributed by atoms with Crippen LogP contribution in [0, 0.1) is 5.92 Å². The molecule has 152 valence electrons. The number of carbonyl (C=O) groups excluding carboxylic acids is 3. The highest BCUT2D eigenvalue weighted by atomic mass is 16.5. The van der Waals surface area contributed by atoms with Crippen molar-refractivity contribution in [3.63, 3.8) is 0 Å². The first-order chi connectivity index (χ1) is 14.0. The number of nitrogens with one attached hydrogen (secondary N) is 1. The lowest BCUT2D eigenvalue weighted by atomic mass is 9.99. The van der Waals surface area contributed by atoms with Crippen LogP contribution in [-0.2, 0) is 14.3 Å². The number of amides is 4. The van der Waals surface area contributed by atoms with Crippen LogP contribution in [0.4, 0.5) is 10.5 Å². The second-order valence-corrected chi connectivity index (χ2v) is 6.31. The Morgan fingerprint density at radius 3 is 2.66 bits per heavy atom. The fraction of sp³-hybridized carbons (Fsp3) is 0.350. The predicted molar refractivity (Wildman–Crippen MR) is 106 cm³/mol. The molecule has 1 unspecified atom stereocenters. The third kappa shape index (κ3) is 4.03. The molecule has 1 N–H and O–H groups in total. The second-order valence-electron chi connectivity index (χ2n) is 6.31. The number of allylic oxidation sites excluding steroid dienone is 1. The molecule has 1 aromatic rings. The van der Waals surface area contributed by atoms with Gasteiger partial charge >= 0.3 is 11.9 Å². The number of imide groups is 1. The van der Waals surface area contributed by atoms with Gasteiger partial charge in [0.05, 0.1) is 25.9 Å². The summed E-state index contributed by atoms with van der Waals surface area (Å²) in [5, 5.41) is 2.70. The standard InChI is InChI=1S/C20H22N4O5/c1-4-28-14-9-7-6-8-13(14)22-16(25)12-24-19(26)17-15(29-5-2)10-11-21-18(17)23(3)20(24)27/h6-11,17H,4-5,12H2,1-3H3/p+1. The van der Waals surface area contributed by atoms with Crippen LogP contribution in [0.15, 0.2) is 41.1 Å². The van der Waals surface area contributed by atoms with E-state index in [0.29, 0.717) is 30.4 Å². The molecule has 0 aromatic heterocycles. The number of fused-ring (bicyclic) bond motifs is 1. The average molecular weight is 399 g/mol. The van der Waals surface area contributed by atoms with Gasteiger partial charge in [0.2, 0.25) is 0 Å². The topological polar surface area (TPSA) is 100 Å². The molecule has 3 rings (SSSR count). The van der Waals surface area contributed by atoms with E-state index in [4.69, 9.17) is 9.47 Å². The van der Waals surface area contributed by atoms with E-state index >= 15 is 0 Å². The molecule has 2 heterocycles. The Bertz CT molecular complexity index is 935. The molecule has 4 amide bonds. The first-order valence-corrected chi connectivity index (χ1v) is 9.32. The van der Waals surface area contributed by atoms with E-state index in [1.165, 1.54) is 17.8 Å². The third-order valence-corrected chi connectivity index (χ3v) is 4.44. The number of nitrogens with zero attached hydrogens (tertiary/aromatic N) is 3. The van der Waals surface area contributed by atoms with Crippen LogP contribution in [0.3, 0.4) is 0 Å². The Morgan fingerprint density at radius 1 is 1.21 bits per heavy atom. The third-order valence-electron chi connectivity index (χ3n) is 4.44. The van der Waals surface area contributed by atoms with E-state index in [9.17, 15) is 14.4 Å². The Balaban J connectivity index is 1.81. The van der Waals surface area contributed by atoms with Crippen molar-refractivity contribution in [1.29, 1.82) is 0 Å². The Morgan fingerprint density at radius 2 is 1.93 bits per heavy atom. The SMILES string of the molecule is CCOC1=CC=NC2=[N+](C)C(=O)N(CC(=O)Nc3ccccc3OCC)C(=O)C12. The maximum absolute atomic E-state index is 13.0. The second kappa shape index (κ2) is 8.68. The molecule has 0 fully saturated rings. The maximum Gasteiger partial charge on any atom is 0.446 e. The van der Waals surface area contributed by atoms with Crippen LogP contribution in [0.25, 0.3) is 0 Å². The fourth-order valence-corrected chi connectivity index (χ4v) is 3.15. The molecule has 0 spiro atoms. The summed E-state index contributed by atoms with van der Waals surface area (Å²) in [6.07, 6.45) is 3.08. The number of amidine groups is 1. The number of carbonyl (C=O) groups is 3. The number of ether oxygens (including phenoxy) is 2. The summed E-state index contributed by atoms with van der Waals surface area (Å²) in [5.74, 6) is -0.732. The van der Waals surface area contributed by atoms with Gasteiger partial charge in [-0.05, 0) is 26.0 Å². The zero-order chi connectivity index (χ0) is 21.0. The van der Waals surface area contributed by atoms with Crippen molar-refractivity contribution in [3.05, 3.63) is 36.1 Å². The summed E-state index contributed by atoms with van der Waals surface area (Å²) in [6.45, 7) is 4.01. The summed E-state index contributed by atoms with van der Waals surface area (Å²) in [5.41, 5.74) is 0.467. The summed E-state index contributed by atoms with van der Waals surface area (Å²) in [6, 6.07) is 6.33. The molecule has 0 bridgehead atoms. The Kier molecular flexibility index (Phi) is 6.06. The van der Waals surface area contributed by atoms with E-state index in [1.807, 2.05) is 6.92 Å². The molecule has 2 aliphatic heterocycles. The smallest absolute Gasteiger partial charge is 0.446 e. The first-order valence-electron chi connectivity index (χ1n) is 9.32. The van der Waals surface area contributed by atoms with E-state index in [-0.39, 0.29) is 5.84 Å². The molecule has 9 nitrogen and oxygen atoms in total. The molecule has 0 aliphatic carbocycles. The highest BCUT2D eigenvalue weighted by molar-refractivity contribution is 6.16. The zero-order valence-corrected chi connectivity index (χ0v) is 16.5. The lowest BCUT2D eigenvalue weighted by molar-refractivity contribution is -0.408. The minimum absolute atomic E-state index is 0.282. The Labute approximate surface area is 168 Å². The number of hydrogen-bond donors (Lipinski definition) is 1. The van der Waals surface area contributed by atoms with E-state index in [2.05, 4.69) is 10.3 Å². The minimum Gasteiger partial charge on any atom is -0.497 e. The van der Waals surface area contributed by atoms with Crippen LogP contribution >= 0.6 is 0 Å². The summed E-state index contributed by atoms with van der Waals surface area (Å²) in [4.78, 5) is 43.3. The Hall–Kier alpha value is -3.49. The van der Waals surface area contributed by atoms with Gasteiger partial charge < -0.3 is 14.8 Å². The van der Waals surface area contributed by atoms with Crippen molar-refractivity contribution in [2.75, 3.05) is 32.1 Å². The van der Waals surface area contributed by atoms with E-state index < -0.39 is 30.3 Å². The van der Waals surface area contributed by atoms with E-state index in [0.717, 1.165) is 4.90 Å². The van der Waals surface area contributed by atoms with Crippen LogP contribution in [-0.4, -0.2) is 66.2 Å². The molecule has 0 saturated heterocycles. The van der Waals surface area contributed by atoms with Crippen molar-refractivity contribution in [3.8, 4) is 5.75 Å². The quantitative estimate of drug-likeness (QED) is 0.703. The van der Waals surface area contributed by atoms with Gasteiger partial charge in [0.25, 0.3) is 11.7 Å². The molecule has 0 saturated carbocycles. The van der Waals surface area contributed by atoms with Gasteiger partial charge in [0.15, 0.2) is 12.5 Å². The minimum atomic E-state index is -0.855. The first kappa shape index (κ1) is 20.2. The summed E-state index contributed by atoms with van der Waals surface area (Å²) < 4.78 is 12.3. The molecule has 9 heteroatoms. The van der Waals surface area contributed by atoms with Gasteiger partial charge in [-0.15, -0.1) is 4.99 Å². The van der Waals surface area contributed by atoms with Gasteiger partial charge in [0, 0.05) is 6.08 Å². The zero-order valence-electron chi connectivity index (χ0n) is 16.5. The van der Waals surface area contributed by atoms with Crippen LogP contribution < -0.4 is 10.1 Å². The maximum atomic E-state index is 13.0. The highest BCUT2D eigenvalue weighted by Crippen LogP contribution is 2.26. The predicted octanol–water partition coefficient (Wildman–Crippen LogP) is 1.65. The van der Waals surface area contributed by atoms with Gasteiger partial charge in [-0.1, -0.05) is 12.1 Å². The fourth-order valence-electron chi connectivity index (χ4n) is 3.15. The lowest BCUT2D eigenvalue weighted by Crippen LogP contribution is -2.56. The van der Waals surface area contributed by atoms with Crippen molar-refractivity contribution in [1.82, 2.24) is 4.90 Å². The van der Waals surface area contributed by atoms with Crippen LogP contribution in [0.1, 0.15) is 13.8 Å². The number of rotatable bonds is 7. The van der Waals surface area contributed by atoms with E-state index in [1.54, 1.807) is 37.3 Å². The number of hydrogen-bond acceptors (Lipinski definition) is 6. The van der Waals surface area contributed by atoms with Gasteiger partial charge in [-0.3, -0.25) is 9.59 Å². The van der Waals surface area contributed by atoms with Crippen LogP contribution in [0.5, 0.6) is 5.75 Å². The van der Waals surface area contributed by atoms with Crippen molar-refractivity contribution in [2.45, 2.75) is 13.8 Å². The monoisotopic (exact) mass is 399 g/mol. The van der Waals surface area contributed by atoms with Crippen molar-refractivity contribution < 1.29 is 28.4 Å². The number of aliphatic imine (C=N–C) groups is 1. The normalized spacial score (nSPS) is 18.4. The van der Waals surface area contributed by atoms with Gasteiger partial charge in [-0.25, -0.2) is 4.79 Å². The van der Waals surface area contributed by atoms with Crippen LogP contribution in [0.2, 0.25) is 0 Å². The molecule has 1 aromatic carbocycles. The van der Waals surface area contributed by atoms with Gasteiger partial charge in [0.1, 0.15) is 17.7 Å². The molecular weight excluding hydrogens is 376 g/mol. The molecule has 29 heavy (non-hydrogen) atoms. The average Bonchev–Trinajstić information content (AvgIpc) is 2.71. The molecule has 0 radical (unpaired) electrons. The molecule has 2 aliphatic rings. The van der Waals surface area contributed by atoms with Crippen molar-refractivity contribution >= 4 is 35.6 Å². The summed E-state index contributed by atoms with van der Waals surface area (Å²) >= 11 is 0. The summed E-state index contributed by atoms with van der Waals surface area (Å²) in [7, 11) is 1.51. The number of benzene rings is 1. The lowest BCUT2D eigenvalue weighted by Gasteiger charge is -2.28. The molecule has 1 atom stereocenters. The number of urea groups is 1. The molecular formula is C20H23N4O5+. The number of anilines is 1. The number of para-hydroxylation sites is 2. The number of dihydropyridines is 1.